The highest BCUT2D eigenvalue weighted by Crippen LogP contribution is 2.34. The second kappa shape index (κ2) is 4.18. The van der Waals surface area contributed by atoms with Crippen LogP contribution >= 0.6 is 11.6 Å². The molecule has 0 amide bonds. The van der Waals surface area contributed by atoms with E-state index in [-0.39, 0.29) is 12.3 Å². The van der Waals surface area contributed by atoms with Crippen molar-refractivity contribution in [3.8, 4) is 0 Å². The van der Waals surface area contributed by atoms with Gasteiger partial charge in [-0.3, -0.25) is 4.79 Å². The normalized spacial score (nSPS) is 12.9. The molecule has 0 aliphatic rings. The molecule has 0 spiro atoms. The SMILES string of the molecule is CC(CC(=O)O)c1coc2cccc(Cl)c12. The highest BCUT2D eigenvalue weighted by Gasteiger charge is 2.17. The molecule has 1 aromatic heterocycles. The summed E-state index contributed by atoms with van der Waals surface area (Å²) >= 11 is 6.08. The van der Waals surface area contributed by atoms with Crippen molar-refractivity contribution in [2.45, 2.75) is 19.3 Å². The van der Waals surface area contributed by atoms with Crippen LogP contribution in [0.2, 0.25) is 5.02 Å². The van der Waals surface area contributed by atoms with Gasteiger partial charge in [-0.1, -0.05) is 24.6 Å². The molecule has 1 heterocycles. The first-order chi connectivity index (χ1) is 7.59. The number of benzene rings is 1. The zero-order valence-corrected chi connectivity index (χ0v) is 9.49. The van der Waals surface area contributed by atoms with Crippen molar-refractivity contribution in [1.29, 1.82) is 0 Å². The third kappa shape index (κ3) is 1.91. The molecule has 16 heavy (non-hydrogen) atoms. The number of fused-ring (bicyclic) bond motifs is 1. The Morgan fingerprint density at radius 2 is 2.31 bits per heavy atom. The van der Waals surface area contributed by atoms with E-state index in [1.165, 1.54) is 0 Å². The maximum Gasteiger partial charge on any atom is 0.303 e. The molecule has 1 N–H and O–H groups in total. The van der Waals surface area contributed by atoms with Crippen molar-refractivity contribution >= 4 is 28.5 Å². The van der Waals surface area contributed by atoms with Gasteiger partial charge in [-0.15, -0.1) is 0 Å². The number of halogens is 1. The Hall–Kier alpha value is -1.48. The van der Waals surface area contributed by atoms with Gasteiger partial charge in [0.05, 0.1) is 17.7 Å². The van der Waals surface area contributed by atoms with E-state index < -0.39 is 5.97 Å². The smallest absolute Gasteiger partial charge is 0.303 e. The van der Waals surface area contributed by atoms with Crippen molar-refractivity contribution in [2.75, 3.05) is 0 Å². The van der Waals surface area contributed by atoms with Gasteiger partial charge in [0.25, 0.3) is 0 Å². The summed E-state index contributed by atoms with van der Waals surface area (Å²) in [4.78, 5) is 10.7. The minimum absolute atomic E-state index is 0.0693. The third-order valence-electron chi connectivity index (χ3n) is 2.59. The Labute approximate surface area is 97.6 Å². The molecule has 1 atom stereocenters. The third-order valence-corrected chi connectivity index (χ3v) is 2.90. The Bertz CT molecular complexity index is 530. The van der Waals surface area contributed by atoms with E-state index in [1.54, 1.807) is 18.4 Å². The summed E-state index contributed by atoms with van der Waals surface area (Å²) in [6.07, 6.45) is 1.66. The van der Waals surface area contributed by atoms with Crippen molar-refractivity contribution in [1.82, 2.24) is 0 Å². The van der Waals surface area contributed by atoms with Gasteiger partial charge in [-0.05, 0) is 18.1 Å². The standard InChI is InChI=1S/C12H11ClO3/c1-7(5-11(14)15)8-6-16-10-4-2-3-9(13)12(8)10/h2-4,6-7H,5H2,1H3,(H,14,15). The van der Waals surface area contributed by atoms with Gasteiger partial charge in [-0.25, -0.2) is 0 Å². The molecule has 84 valence electrons. The first-order valence-corrected chi connectivity index (χ1v) is 5.35. The molecule has 0 radical (unpaired) electrons. The topological polar surface area (TPSA) is 50.4 Å². The minimum Gasteiger partial charge on any atom is -0.481 e. The van der Waals surface area contributed by atoms with Gasteiger partial charge in [0.15, 0.2) is 0 Å². The summed E-state index contributed by atoms with van der Waals surface area (Å²) in [5, 5.41) is 10.2. The van der Waals surface area contributed by atoms with Crippen LogP contribution in [0.4, 0.5) is 0 Å². The van der Waals surface area contributed by atoms with Crippen LogP contribution in [0.5, 0.6) is 0 Å². The quantitative estimate of drug-likeness (QED) is 0.888. The second-order valence-corrected chi connectivity index (χ2v) is 4.21. The molecule has 4 heteroatoms. The van der Waals surface area contributed by atoms with E-state index in [9.17, 15) is 4.79 Å². The summed E-state index contributed by atoms with van der Waals surface area (Å²) < 4.78 is 5.36. The van der Waals surface area contributed by atoms with Crippen LogP contribution in [0.3, 0.4) is 0 Å². The van der Waals surface area contributed by atoms with E-state index in [0.29, 0.717) is 10.6 Å². The molecule has 0 bridgehead atoms. The first-order valence-electron chi connectivity index (χ1n) is 4.97. The summed E-state index contributed by atoms with van der Waals surface area (Å²) in [5.41, 5.74) is 1.54. The van der Waals surface area contributed by atoms with Crippen LogP contribution < -0.4 is 0 Å². The number of carbonyl (C=O) groups is 1. The van der Waals surface area contributed by atoms with E-state index in [4.69, 9.17) is 21.1 Å². The van der Waals surface area contributed by atoms with Gasteiger partial charge in [0.2, 0.25) is 0 Å². The fraction of sp³-hybridized carbons (Fsp3) is 0.250. The molecule has 3 nitrogen and oxygen atoms in total. The zero-order chi connectivity index (χ0) is 11.7. The molecular weight excluding hydrogens is 228 g/mol. The lowest BCUT2D eigenvalue weighted by atomic mass is 9.97. The van der Waals surface area contributed by atoms with Crippen LogP contribution in [0.25, 0.3) is 11.0 Å². The fourth-order valence-electron chi connectivity index (χ4n) is 1.80. The van der Waals surface area contributed by atoms with Crippen molar-refractivity contribution in [3.63, 3.8) is 0 Å². The molecule has 2 rings (SSSR count). The van der Waals surface area contributed by atoms with Crippen molar-refractivity contribution < 1.29 is 14.3 Å². The first kappa shape index (κ1) is 11.0. The van der Waals surface area contributed by atoms with E-state index in [1.807, 2.05) is 13.0 Å². The number of aliphatic carboxylic acids is 1. The van der Waals surface area contributed by atoms with Crippen LogP contribution in [-0.4, -0.2) is 11.1 Å². The van der Waals surface area contributed by atoms with Gasteiger partial charge >= 0.3 is 5.97 Å². The lowest BCUT2D eigenvalue weighted by molar-refractivity contribution is -0.137. The second-order valence-electron chi connectivity index (χ2n) is 3.80. The van der Waals surface area contributed by atoms with E-state index in [0.717, 1.165) is 10.9 Å². The molecule has 0 saturated heterocycles. The molecule has 0 fully saturated rings. The molecule has 1 unspecified atom stereocenters. The molecular formula is C12H11ClO3. The highest BCUT2D eigenvalue weighted by atomic mass is 35.5. The van der Waals surface area contributed by atoms with Crippen LogP contribution in [0.1, 0.15) is 24.8 Å². The monoisotopic (exact) mass is 238 g/mol. The lowest BCUT2D eigenvalue weighted by Crippen LogP contribution is -2.02. The van der Waals surface area contributed by atoms with Gasteiger partial charge < -0.3 is 9.52 Å². The van der Waals surface area contributed by atoms with Crippen LogP contribution in [0.15, 0.2) is 28.9 Å². The summed E-state index contributed by atoms with van der Waals surface area (Å²) in [7, 11) is 0. The summed E-state index contributed by atoms with van der Waals surface area (Å²) in [6, 6.07) is 5.40. The fourth-order valence-corrected chi connectivity index (χ4v) is 2.08. The number of rotatable bonds is 3. The number of carboxylic acids is 1. The predicted molar refractivity (Wildman–Crippen MR) is 61.9 cm³/mol. The zero-order valence-electron chi connectivity index (χ0n) is 8.74. The summed E-state index contributed by atoms with van der Waals surface area (Å²) in [6.45, 7) is 1.85. The van der Waals surface area contributed by atoms with Crippen molar-refractivity contribution in [2.24, 2.45) is 0 Å². The Morgan fingerprint density at radius 1 is 1.56 bits per heavy atom. The average Bonchev–Trinajstić information content (AvgIpc) is 2.61. The lowest BCUT2D eigenvalue weighted by Gasteiger charge is -2.06. The number of carboxylic acid groups (broad SMARTS) is 1. The minimum atomic E-state index is -0.825. The number of furan rings is 1. The van der Waals surface area contributed by atoms with Gasteiger partial charge in [0, 0.05) is 10.9 Å². The molecule has 0 aliphatic carbocycles. The summed E-state index contributed by atoms with van der Waals surface area (Å²) in [5.74, 6) is -0.937. The van der Waals surface area contributed by atoms with Gasteiger partial charge in [0.1, 0.15) is 5.58 Å². The Morgan fingerprint density at radius 3 is 3.00 bits per heavy atom. The molecule has 2 aromatic rings. The number of hydrogen-bond donors (Lipinski definition) is 1. The van der Waals surface area contributed by atoms with Crippen molar-refractivity contribution in [3.05, 3.63) is 35.0 Å². The number of hydrogen-bond acceptors (Lipinski definition) is 2. The maximum absolute atomic E-state index is 10.7. The van der Waals surface area contributed by atoms with Gasteiger partial charge in [-0.2, -0.15) is 0 Å². The molecule has 0 saturated carbocycles. The predicted octanol–water partition coefficient (Wildman–Crippen LogP) is 3.66. The Balaban J connectivity index is 2.48. The van der Waals surface area contributed by atoms with Crippen LogP contribution in [0, 0.1) is 0 Å². The molecule has 0 aliphatic heterocycles. The van der Waals surface area contributed by atoms with E-state index in [2.05, 4.69) is 0 Å². The van der Waals surface area contributed by atoms with E-state index >= 15 is 0 Å². The average molecular weight is 239 g/mol. The molecule has 1 aromatic carbocycles. The largest absolute Gasteiger partial charge is 0.481 e. The highest BCUT2D eigenvalue weighted by molar-refractivity contribution is 6.35. The Kier molecular flexibility index (Phi) is 2.88. The van der Waals surface area contributed by atoms with Crippen LogP contribution in [-0.2, 0) is 4.79 Å². The maximum atomic E-state index is 10.7.